The van der Waals surface area contributed by atoms with Gasteiger partial charge >= 0.3 is 28.5 Å². The summed E-state index contributed by atoms with van der Waals surface area (Å²) in [6.45, 7) is 2.09. The van der Waals surface area contributed by atoms with Crippen LogP contribution in [0.1, 0.15) is 6.92 Å². The second-order valence-electron chi connectivity index (χ2n) is 0.557. The fraction of sp³-hybridized carbons (Fsp3) is 1.00. The predicted molar refractivity (Wildman–Crippen MR) is 31.4 cm³/mol. The van der Waals surface area contributed by atoms with Crippen molar-refractivity contribution in [3.8, 4) is 0 Å². The van der Waals surface area contributed by atoms with E-state index in [0.29, 0.717) is 0 Å². The molecule has 4 nitrogen and oxygen atoms in total. The molecule has 0 aliphatic heterocycles. The van der Waals surface area contributed by atoms with E-state index in [9.17, 15) is 0 Å². The van der Waals surface area contributed by atoms with Crippen LogP contribution >= 0.6 is 17.4 Å². The largest absolute Gasteiger partial charge is 0.772 e. The first-order chi connectivity index (χ1) is 4.24. The molecule has 0 spiro atoms. The Bertz CT molecular complexity index is 45.8. The molecule has 50 valence electrons. The fourth-order valence-corrected chi connectivity index (χ4v) is 0. The van der Waals surface area contributed by atoms with Crippen molar-refractivity contribution < 1.29 is 18.9 Å². The van der Waals surface area contributed by atoms with Crippen LogP contribution in [0.25, 0.3) is 0 Å². The zero-order chi connectivity index (χ0) is 8.12. The number of hydrogen-bond donors (Lipinski definition) is 0. The van der Waals surface area contributed by atoms with Crippen LogP contribution in [0.3, 0.4) is 0 Å². The molecule has 0 heterocycles. The molecule has 0 aromatic carbocycles. The van der Waals surface area contributed by atoms with Crippen LogP contribution in [0.5, 0.6) is 0 Å². The van der Waals surface area contributed by atoms with Crippen LogP contribution in [-0.2, 0) is 9.13 Å². The van der Waals surface area contributed by atoms with Gasteiger partial charge in [0.2, 0.25) is 0 Å². The van der Waals surface area contributed by atoms with Gasteiger partial charge in [-0.1, -0.05) is 0 Å². The Morgan fingerprint density at radius 1 is 1.33 bits per heavy atom. The first-order valence-corrected chi connectivity index (χ1v) is 4.12. The van der Waals surface area contributed by atoms with Gasteiger partial charge in [0.15, 0.2) is 0 Å². The molecule has 0 saturated heterocycles. The van der Waals surface area contributed by atoms with E-state index in [4.69, 9.17) is 18.9 Å². The molecule has 0 bridgehead atoms. The van der Waals surface area contributed by atoms with Gasteiger partial charge in [0.05, 0.1) is 17.4 Å². The van der Waals surface area contributed by atoms with Crippen LogP contribution in [-0.4, -0.2) is 16.3 Å². The van der Waals surface area contributed by atoms with Gasteiger partial charge in [-0.05, 0) is 0 Å². The summed E-state index contributed by atoms with van der Waals surface area (Å²) in [4.78, 5) is 16.7. The van der Waals surface area contributed by atoms with Crippen molar-refractivity contribution >= 4 is 33.7 Å². The maximum atomic E-state index is 8.35. The van der Waals surface area contributed by atoms with E-state index in [1.165, 1.54) is 5.28 Å². The zero-order valence-electron chi connectivity index (χ0n) is 4.81. The van der Waals surface area contributed by atoms with E-state index in [1.54, 1.807) is 0 Å². The third kappa shape index (κ3) is 899. The second-order valence-corrected chi connectivity index (χ2v) is 1.67. The molecular weight excluding hydrogens is 177 g/mol. The summed E-state index contributed by atoms with van der Waals surface area (Å²) in [6, 6.07) is 0. The minimum atomic E-state index is -1.08. The molecule has 0 aliphatic rings. The molecule has 0 radical (unpaired) electrons. The van der Waals surface area contributed by atoms with Gasteiger partial charge in [-0.25, -0.2) is 0 Å². The molecular formula is C2H5AlO4P2. The van der Waals surface area contributed by atoms with E-state index in [0.717, 1.165) is 0 Å². The summed E-state index contributed by atoms with van der Waals surface area (Å²) in [7, 11) is -2.17. The van der Waals surface area contributed by atoms with Crippen LogP contribution in [0.2, 0.25) is 5.28 Å². The summed E-state index contributed by atoms with van der Waals surface area (Å²) >= 11 is 2.58. The van der Waals surface area contributed by atoms with E-state index in [-0.39, 0.29) is 0 Å². The summed E-state index contributed by atoms with van der Waals surface area (Å²) in [5, 5.41) is 1.17. The summed E-state index contributed by atoms with van der Waals surface area (Å²) in [6.07, 6.45) is 0. The van der Waals surface area contributed by atoms with Gasteiger partial charge in [-0.2, -0.15) is 0 Å². The number of hydrogen-bond acceptors (Lipinski definition) is 4. The fourth-order valence-electron chi connectivity index (χ4n) is 0. The normalized spacial score (nSPS) is 6.78. The van der Waals surface area contributed by atoms with Crippen LogP contribution < -0.4 is 9.79 Å². The van der Waals surface area contributed by atoms with Crippen molar-refractivity contribution in [3.63, 3.8) is 0 Å². The van der Waals surface area contributed by atoms with E-state index in [2.05, 4.69) is 23.2 Å². The van der Waals surface area contributed by atoms with E-state index >= 15 is 0 Å². The topological polar surface area (TPSA) is 80.3 Å². The van der Waals surface area contributed by atoms with Crippen molar-refractivity contribution in [1.82, 2.24) is 0 Å². The van der Waals surface area contributed by atoms with Gasteiger partial charge in [0, 0.05) is 0 Å². The number of rotatable bonds is 0. The van der Waals surface area contributed by atoms with Crippen molar-refractivity contribution in [2.24, 2.45) is 0 Å². The minimum absolute atomic E-state index is 1.08. The molecule has 0 atom stereocenters. The molecule has 0 rings (SSSR count). The van der Waals surface area contributed by atoms with Crippen molar-refractivity contribution in [1.29, 1.82) is 0 Å². The predicted octanol–water partition coefficient (Wildman–Crippen LogP) is -0.300. The molecule has 0 fully saturated rings. The molecule has 0 N–H and O–H groups in total. The smallest absolute Gasteiger partial charge is 0.0642 e. The average molecular weight is 182 g/mol. The maximum Gasteiger partial charge on any atom is 0.0642 e. The van der Waals surface area contributed by atoms with E-state index < -0.39 is 17.4 Å². The Kier molecular flexibility index (Phi) is 68.9. The standard InChI is InChI=1S/C2H5.Al.2HO2P/c1-2;;2*1-3-2/h1H2,2H3;;2*(H,1,2)/q;+2;;/p-2. The molecule has 0 unspecified atom stereocenters. The molecule has 0 aromatic heterocycles. The van der Waals surface area contributed by atoms with Gasteiger partial charge < -0.3 is 9.79 Å². The maximum absolute atomic E-state index is 8.35. The molecule has 0 saturated carbocycles. The van der Waals surface area contributed by atoms with Gasteiger partial charge in [0.1, 0.15) is 0 Å². The average Bonchev–Trinajstić information content (AvgIpc) is 1.70. The second kappa shape index (κ2) is 38.0. The third-order valence-electron chi connectivity index (χ3n) is 0. The Morgan fingerprint density at radius 3 is 1.33 bits per heavy atom. The van der Waals surface area contributed by atoms with Gasteiger partial charge in [-0.3, -0.25) is 9.13 Å². The van der Waals surface area contributed by atoms with Crippen LogP contribution in [0.15, 0.2) is 0 Å². The summed E-state index contributed by atoms with van der Waals surface area (Å²) in [5.41, 5.74) is 0. The molecule has 0 aromatic rings. The molecule has 0 aliphatic carbocycles. The Morgan fingerprint density at radius 2 is 1.33 bits per heavy atom. The third-order valence-corrected chi connectivity index (χ3v) is 0. The minimum Gasteiger partial charge on any atom is -0.772 e. The van der Waals surface area contributed by atoms with Gasteiger partial charge in [-0.15, -0.1) is 0 Å². The van der Waals surface area contributed by atoms with Crippen molar-refractivity contribution in [2.75, 3.05) is 0 Å². The van der Waals surface area contributed by atoms with Crippen LogP contribution in [0, 0.1) is 0 Å². The first kappa shape index (κ1) is 16.3. The van der Waals surface area contributed by atoms with Crippen LogP contribution in [0.4, 0.5) is 0 Å². The van der Waals surface area contributed by atoms with Gasteiger partial charge in [0.25, 0.3) is 0 Å². The van der Waals surface area contributed by atoms with Crippen molar-refractivity contribution in [3.05, 3.63) is 0 Å². The first-order valence-electron chi connectivity index (χ1n) is 1.85. The Balaban J connectivity index is -0.0000000600. The Labute approximate surface area is 65.3 Å². The zero-order valence-corrected chi connectivity index (χ0v) is 7.76. The van der Waals surface area contributed by atoms with E-state index in [1.807, 2.05) is 0 Å². The summed E-state index contributed by atoms with van der Waals surface area (Å²) < 4.78 is 16.7. The quantitative estimate of drug-likeness (QED) is 0.380. The summed E-state index contributed by atoms with van der Waals surface area (Å²) in [5.74, 6) is 0. The molecule has 9 heavy (non-hydrogen) atoms. The van der Waals surface area contributed by atoms with Crippen molar-refractivity contribution in [2.45, 2.75) is 12.2 Å². The SMILES string of the molecule is C[CH2][Al+2].O=P[O-].O=P[O-]. The monoisotopic (exact) mass is 182 g/mol. The molecule has 7 heteroatoms. The molecule has 0 amide bonds. The Hall–Kier alpha value is 0.652.